The van der Waals surface area contributed by atoms with Crippen molar-refractivity contribution in [1.82, 2.24) is 24.2 Å². The SMILES string of the molecule is CCCn1c(-c2ccncc2)nn(CN(CC)Cc2c(F)cccc2F)c1=S. The quantitative estimate of drug-likeness (QED) is 0.514. The number of pyridine rings is 1. The van der Waals surface area contributed by atoms with E-state index in [0.29, 0.717) is 18.0 Å². The van der Waals surface area contributed by atoms with E-state index in [1.165, 1.54) is 18.2 Å². The summed E-state index contributed by atoms with van der Waals surface area (Å²) in [5.41, 5.74) is 0.981. The van der Waals surface area contributed by atoms with E-state index < -0.39 is 11.6 Å². The summed E-state index contributed by atoms with van der Waals surface area (Å²) in [7, 11) is 0. The van der Waals surface area contributed by atoms with E-state index in [9.17, 15) is 8.78 Å². The van der Waals surface area contributed by atoms with Gasteiger partial charge in [0.25, 0.3) is 0 Å². The summed E-state index contributed by atoms with van der Waals surface area (Å²) < 4.78 is 32.4. The number of benzene rings is 1. The van der Waals surface area contributed by atoms with Crippen LogP contribution in [0.4, 0.5) is 8.78 Å². The minimum atomic E-state index is -0.545. The molecule has 5 nitrogen and oxygen atoms in total. The molecule has 0 fully saturated rings. The molecule has 0 spiro atoms. The fourth-order valence-corrected chi connectivity index (χ4v) is 3.31. The summed E-state index contributed by atoms with van der Waals surface area (Å²) in [4.78, 5) is 5.95. The summed E-state index contributed by atoms with van der Waals surface area (Å²) >= 11 is 5.63. The molecule has 2 aromatic heterocycles. The maximum Gasteiger partial charge on any atom is 0.199 e. The molecule has 2 heterocycles. The van der Waals surface area contributed by atoms with Crippen molar-refractivity contribution in [2.24, 2.45) is 0 Å². The Labute approximate surface area is 168 Å². The molecule has 28 heavy (non-hydrogen) atoms. The first-order valence-corrected chi connectivity index (χ1v) is 9.69. The standard InChI is InChI=1S/C20H23F2N5S/c1-3-12-26-19(15-8-10-23-11-9-15)24-27(20(26)28)14-25(4-2)13-16-17(21)6-5-7-18(16)22/h5-11H,3-4,12-14H2,1-2H3. The molecule has 0 radical (unpaired) electrons. The lowest BCUT2D eigenvalue weighted by Gasteiger charge is -2.20. The van der Waals surface area contributed by atoms with Crippen LogP contribution >= 0.6 is 12.2 Å². The Balaban J connectivity index is 1.91. The van der Waals surface area contributed by atoms with Crippen molar-refractivity contribution in [2.45, 2.75) is 40.0 Å². The van der Waals surface area contributed by atoms with Crippen LogP contribution in [0.5, 0.6) is 0 Å². The fraction of sp³-hybridized carbons (Fsp3) is 0.350. The average Bonchev–Trinajstić information content (AvgIpc) is 3.00. The maximum absolute atomic E-state index is 14.0. The first kappa shape index (κ1) is 20.3. The van der Waals surface area contributed by atoms with E-state index in [2.05, 4.69) is 11.9 Å². The molecule has 0 saturated carbocycles. The number of aromatic nitrogens is 4. The minimum Gasteiger partial charge on any atom is -0.300 e. The maximum atomic E-state index is 14.0. The van der Waals surface area contributed by atoms with Crippen molar-refractivity contribution in [3.8, 4) is 11.4 Å². The fourth-order valence-electron chi connectivity index (χ4n) is 3.03. The van der Waals surface area contributed by atoms with Gasteiger partial charge in [-0.25, -0.2) is 13.5 Å². The first-order chi connectivity index (χ1) is 13.5. The normalized spacial score (nSPS) is 11.3. The van der Waals surface area contributed by atoms with Crippen LogP contribution in [-0.4, -0.2) is 30.8 Å². The van der Waals surface area contributed by atoms with Gasteiger partial charge in [-0.3, -0.25) is 14.5 Å². The smallest absolute Gasteiger partial charge is 0.199 e. The van der Waals surface area contributed by atoms with Crippen LogP contribution in [-0.2, 0) is 19.8 Å². The van der Waals surface area contributed by atoms with Gasteiger partial charge in [-0.2, -0.15) is 5.10 Å². The van der Waals surface area contributed by atoms with Gasteiger partial charge >= 0.3 is 0 Å². The van der Waals surface area contributed by atoms with Crippen molar-refractivity contribution in [2.75, 3.05) is 6.54 Å². The third-order valence-electron chi connectivity index (χ3n) is 4.53. The van der Waals surface area contributed by atoms with E-state index in [4.69, 9.17) is 17.3 Å². The Kier molecular flexibility index (Phi) is 6.64. The van der Waals surface area contributed by atoms with Crippen LogP contribution in [0.2, 0.25) is 0 Å². The van der Waals surface area contributed by atoms with Gasteiger partial charge < -0.3 is 0 Å². The van der Waals surface area contributed by atoms with Gasteiger partial charge in [0.15, 0.2) is 10.6 Å². The van der Waals surface area contributed by atoms with Gasteiger partial charge in [0.2, 0.25) is 0 Å². The zero-order valence-electron chi connectivity index (χ0n) is 16.0. The van der Waals surface area contributed by atoms with Crippen molar-refractivity contribution < 1.29 is 8.78 Å². The Morgan fingerprint density at radius 3 is 2.36 bits per heavy atom. The molecule has 0 aliphatic carbocycles. The Bertz CT molecular complexity index is 964. The molecule has 0 unspecified atom stereocenters. The number of hydrogen-bond acceptors (Lipinski definition) is 4. The molecule has 3 rings (SSSR count). The second kappa shape index (κ2) is 9.16. The molecule has 148 valence electrons. The van der Waals surface area contributed by atoms with Crippen LogP contribution in [0, 0.1) is 16.4 Å². The van der Waals surface area contributed by atoms with Crippen molar-refractivity contribution in [3.63, 3.8) is 0 Å². The number of hydrogen-bond donors (Lipinski definition) is 0. The molecule has 1 aromatic carbocycles. The lowest BCUT2D eigenvalue weighted by Crippen LogP contribution is -2.27. The minimum absolute atomic E-state index is 0.0539. The van der Waals surface area contributed by atoms with Crippen LogP contribution in [0.25, 0.3) is 11.4 Å². The average molecular weight is 404 g/mol. The van der Waals surface area contributed by atoms with Crippen LogP contribution < -0.4 is 0 Å². The topological polar surface area (TPSA) is 38.9 Å². The summed E-state index contributed by atoms with van der Waals surface area (Å²) in [6.45, 7) is 5.84. The van der Waals surface area contributed by atoms with E-state index in [1.54, 1.807) is 17.1 Å². The van der Waals surface area contributed by atoms with Gasteiger partial charge in [0.1, 0.15) is 11.6 Å². The highest BCUT2D eigenvalue weighted by molar-refractivity contribution is 7.71. The van der Waals surface area contributed by atoms with Crippen molar-refractivity contribution in [3.05, 3.63) is 64.7 Å². The van der Waals surface area contributed by atoms with E-state index in [1.807, 2.05) is 28.5 Å². The van der Waals surface area contributed by atoms with Crippen LogP contribution in [0.15, 0.2) is 42.7 Å². The molecule has 0 N–H and O–H groups in total. The largest absolute Gasteiger partial charge is 0.300 e. The second-order valence-corrected chi connectivity index (χ2v) is 6.85. The molecule has 0 amide bonds. The zero-order chi connectivity index (χ0) is 20.1. The highest BCUT2D eigenvalue weighted by Gasteiger charge is 2.17. The molecular weight excluding hydrogens is 380 g/mol. The first-order valence-electron chi connectivity index (χ1n) is 9.28. The summed E-state index contributed by atoms with van der Waals surface area (Å²) in [6, 6.07) is 7.69. The van der Waals surface area contributed by atoms with E-state index in [0.717, 1.165) is 24.4 Å². The highest BCUT2D eigenvalue weighted by atomic mass is 32.1. The van der Waals surface area contributed by atoms with Gasteiger partial charge in [0.05, 0.1) is 6.67 Å². The lowest BCUT2D eigenvalue weighted by molar-refractivity contribution is 0.202. The highest BCUT2D eigenvalue weighted by Crippen LogP contribution is 2.19. The summed E-state index contributed by atoms with van der Waals surface area (Å²) in [5, 5.41) is 4.69. The van der Waals surface area contributed by atoms with Crippen molar-refractivity contribution in [1.29, 1.82) is 0 Å². The molecule has 3 aromatic rings. The third kappa shape index (κ3) is 4.34. The number of halogens is 2. The zero-order valence-corrected chi connectivity index (χ0v) is 16.8. The van der Waals surface area contributed by atoms with Gasteiger partial charge in [-0.1, -0.05) is 19.9 Å². The molecule has 0 saturated heterocycles. The molecule has 0 aliphatic rings. The number of rotatable bonds is 8. The summed E-state index contributed by atoms with van der Waals surface area (Å²) in [5.74, 6) is -0.325. The molecule has 0 bridgehead atoms. The Hall–Kier alpha value is -2.45. The van der Waals surface area contributed by atoms with Gasteiger partial charge in [-0.15, -0.1) is 0 Å². The van der Waals surface area contributed by atoms with Gasteiger partial charge in [-0.05, 0) is 49.4 Å². The van der Waals surface area contributed by atoms with Crippen LogP contribution in [0.3, 0.4) is 0 Å². The second-order valence-electron chi connectivity index (χ2n) is 6.48. The van der Waals surface area contributed by atoms with E-state index >= 15 is 0 Å². The Morgan fingerprint density at radius 1 is 1.07 bits per heavy atom. The predicted octanol–water partition coefficient (Wildman–Crippen LogP) is 4.64. The molecule has 0 atom stereocenters. The molecule has 8 heteroatoms. The third-order valence-corrected chi connectivity index (χ3v) is 4.96. The Morgan fingerprint density at radius 2 is 1.75 bits per heavy atom. The lowest BCUT2D eigenvalue weighted by atomic mass is 10.2. The summed E-state index contributed by atoms with van der Waals surface area (Å²) in [6.07, 6.45) is 4.34. The molecular formula is C20H23F2N5S. The van der Waals surface area contributed by atoms with E-state index in [-0.39, 0.29) is 12.1 Å². The van der Waals surface area contributed by atoms with Crippen LogP contribution in [0.1, 0.15) is 25.8 Å². The monoisotopic (exact) mass is 403 g/mol. The predicted molar refractivity (Wildman–Crippen MR) is 107 cm³/mol. The van der Waals surface area contributed by atoms with Crippen molar-refractivity contribution >= 4 is 12.2 Å². The number of nitrogens with zero attached hydrogens (tertiary/aromatic N) is 5. The molecule has 0 aliphatic heterocycles. The van der Waals surface area contributed by atoms with Gasteiger partial charge in [0, 0.05) is 36.6 Å².